The molecule has 2 aromatic rings. The molecular formula is C15H11FN2O. The number of benzene rings is 2. The standard InChI is InChI=1S/C15H11FN2O/c16-15-7-5-12(6-8-15)11-19-18-10-14-4-2-1-3-13(14)9-17/h1-8,10H,11H2. The fraction of sp³-hybridized carbons (Fsp3) is 0.0667. The van der Waals surface area contributed by atoms with Gasteiger partial charge in [0, 0.05) is 5.56 Å². The molecule has 0 aromatic heterocycles. The molecule has 94 valence electrons. The largest absolute Gasteiger partial charge is 0.391 e. The van der Waals surface area contributed by atoms with Gasteiger partial charge in [0.2, 0.25) is 0 Å². The van der Waals surface area contributed by atoms with Crippen LogP contribution in [-0.4, -0.2) is 6.21 Å². The second kappa shape index (κ2) is 6.31. The highest BCUT2D eigenvalue weighted by Gasteiger charge is 1.97. The lowest BCUT2D eigenvalue weighted by Gasteiger charge is -2.00. The summed E-state index contributed by atoms with van der Waals surface area (Å²) in [6.45, 7) is 0.255. The Morgan fingerprint density at radius 3 is 2.63 bits per heavy atom. The first kappa shape index (κ1) is 12.8. The SMILES string of the molecule is N#Cc1ccccc1C=NOCc1ccc(F)cc1. The van der Waals surface area contributed by atoms with Gasteiger partial charge in [-0.15, -0.1) is 0 Å². The molecule has 4 heteroatoms. The molecule has 2 aromatic carbocycles. The number of nitrogens with zero attached hydrogens (tertiary/aromatic N) is 2. The van der Waals surface area contributed by atoms with E-state index in [9.17, 15) is 4.39 Å². The zero-order valence-electron chi connectivity index (χ0n) is 10.1. The lowest BCUT2D eigenvalue weighted by Crippen LogP contribution is -1.90. The van der Waals surface area contributed by atoms with Gasteiger partial charge in [-0.1, -0.05) is 35.5 Å². The van der Waals surface area contributed by atoms with Gasteiger partial charge < -0.3 is 4.84 Å². The predicted octanol–water partition coefficient (Wildman–Crippen LogP) is 3.25. The minimum absolute atomic E-state index is 0.255. The number of rotatable bonds is 4. The number of halogens is 1. The minimum Gasteiger partial charge on any atom is -0.391 e. The number of oxime groups is 1. The predicted molar refractivity (Wildman–Crippen MR) is 69.9 cm³/mol. The van der Waals surface area contributed by atoms with Crippen LogP contribution in [0.5, 0.6) is 0 Å². The van der Waals surface area contributed by atoms with Gasteiger partial charge in [0.05, 0.1) is 17.8 Å². The van der Waals surface area contributed by atoms with Crippen molar-refractivity contribution in [1.82, 2.24) is 0 Å². The van der Waals surface area contributed by atoms with Crippen molar-refractivity contribution in [2.45, 2.75) is 6.61 Å². The Morgan fingerprint density at radius 2 is 1.89 bits per heavy atom. The van der Waals surface area contributed by atoms with Crippen LogP contribution in [0, 0.1) is 17.1 Å². The Kier molecular flexibility index (Phi) is 4.25. The lowest BCUT2D eigenvalue weighted by atomic mass is 10.1. The van der Waals surface area contributed by atoms with E-state index in [1.54, 1.807) is 30.3 Å². The zero-order chi connectivity index (χ0) is 13.5. The normalized spacial score (nSPS) is 10.3. The molecule has 0 aliphatic heterocycles. The molecule has 0 saturated heterocycles. The van der Waals surface area contributed by atoms with Gasteiger partial charge in [-0.2, -0.15) is 5.26 Å². The Hall–Kier alpha value is -2.67. The summed E-state index contributed by atoms with van der Waals surface area (Å²) in [7, 11) is 0. The summed E-state index contributed by atoms with van der Waals surface area (Å²) in [5.74, 6) is -0.282. The molecule has 0 atom stereocenters. The van der Waals surface area contributed by atoms with Crippen LogP contribution in [0.1, 0.15) is 16.7 Å². The summed E-state index contributed by atoms with van der Waals surface area (Å²) in [4.78, 5) is 5.10. The van der Waals surface area contributed by atoms with Crippen molar-refractivity contribution in [3.63, 3.8) is 0 Å². The van der Waals surface area contributed by atoms with E-state index in [4.69, 9.17) is 10.1 Å². The second-order valence-corrected chi connectivity index (χ2v) is 3.83. The van der Waals surface area contributed by atoms with E-state index in [1.165, 1.54) is 18.3 Å². The number of hydrogen-bond donors (Lipinski definition) is 0. The third-order valence-electron chi connectivity index (χ3n) is 2.49. The van der Waals surface area contributed by atoms with Crippen molar-refractivity contribution < 1.29 is 9.23 Å². The van der Waals surface area contributed by atoms with Gasteiger partial charge in [-0.3, -0.25) is 0 Å². The van der Waals surface area contributed by atoms with Crippen molar-refractivity contribution in [3.8, 4) is 6.07 Å². The van der Waals surface area contributed by atoms with E-state index in [2.05, 4.69) is 11.2 Å². The average molecular weight is 254 g/mol. The van der Waals surface area contributed by atoms with Crippen molar-refractivity contribution in [2.75, 3.05) is 0 Å². The van der Waals surface area contributed by atoms with Crippen molar-refractivity contribution in [2.24, 2.45) is 5.16 Å². The van der Waals surface area contributed by atoms with Crippen LogP contribution in [0.15, 0.2) is 53.7 Å². The van der Waals surface area contributed by atoms with E-state index in [-0.39, 0.29) is 12.4 Å². The van der Waals surface area contributed by atoms with Crippen molar-refractivity contribution in [1.29, 1.82) is 5.26 Å². The van der Waals surface area contributed by atoms with Gasteiger partial charge >= 0.3 is 0 Å². The lowest BCUT2D eigenvalue weighted by molar-refractivity contribution is 0.132. The third-order valence-corrected chi connectivity index (χ3v) is 2.49. The molecule has 0 saturated carbocycles. The van der Waals surface area contributed by atoms with E-state index in [0.29, 0.717) is 11.1 Å². The Morgan fingerprint density at radius 1 is 1.16 bits per heavy atom. The minimum atomic E-state index is -0.282. The molecule has 0 aliphatic carbocycles. The summed E-state index contributed by atoms with van der Waals surface area (Å²) in [5.41, 5.74) is 2.06. The number of nitriles is 1. The summed E-state index contributed by atoms with van der Waals surface area (Å²) < 4.78 is 12.7. The zero-order valence-corrected chi connectivity index (χ0v) is 10.1. The molecule has 0 radical (unpaired) electrons. The van der Waals surface area contributed by atoms with Crippen LogP contribution in [0.2, 0.25) is 0 Å². The second-order valence-electron chi connectivity index (χ2n) is 3.83. The van der Waals surface area contributed by atoms with E-state index >= 15 is 0 Å². The molecule has 0 amide bonds. The van der Waals surface area contributed by atoms with Crippen molar-refractivity contribution in [3.05, 3.63) is 71.0 Å². The van der Waals surface area contributed by atoms with Crippen LogP contribution < -0.4 is 0 Å². The fourth-order valence-electron chi connectivity index (χ4n) is 1.50. The van der Waals surface area contributed by atoms with Gasteiger partial charge in [-0.05, 0) is 23.8 Å². The molecule has 0 aliphatic rings. The first-order chi connectivity index (χ1) is 9.29. The van der Waals surface area contributed by atoms with Crippen molar-refractivity contribution >= 4 is 6.21 Å². The maximum absolute atomic E-state index is 12.7. The van der Waals surface area contributed by atoms with Gasteiger partial charge in [-0.25, -0.2) is 4.39 Å². The van der Waals surface area contributed by atoms with Crippen LogP contribution >= 0.6 is 0 Å². The summed E-state index contributed by atoms with van der Waals surface area (Å²) >= 11 is 0. The topological polar surface area (TPSA) is 45.4 Å². The molecule has 0 N–H and O–H groups in total. The molecule has 19 heavy (non-hydrogen) atoms. The molecule has 0 spiro atoms. The molecular weight excluding hydrogens is 243 g/mol. The highest BCUT2D eigenvalue weighted by molar-refractivity contribution is 5.82. The Bertz CT molecular complexity index is 615. The summed E-state index contributed by atoms with van der Waals surface area (Å²) in [6, 6.07) is 15.2. The van der Waals surface area contributed by atoms with Crippen LogP contribution in [-0.2, 0) is 11.4 Å². The molecule has 0 fully saturated rings. The highest BCUT2D eigenvalue weighted by Crippen LogP contribution is 2.06. The third kappa shape index (κ3) is 3.65. The average Bonchev–Trinajstić information content (AvgIpc) is 2.46. The van der Waals surface area contributed by atoms with Gasteiger partial charge in [0.25, 0.3) is 0 Å². The quantitative estimate of drug-likeness (QED) is 0.621. The van der Waals surface area contributed by atoms with Gasteiger partial charge in [0.1, 0.15) is 12.4 Å². The number of hydrogen-bond acceptors (Lipinski definition) is 3. The van der Waals surface area contributed by atoms with E-state index in [1.807, 2.05) is 6.07 Å². The molecule has 0 heterocycles. The molecule has 0 bridgehead atoms. The monoisotopic (exact) mass is 254 g/mol. The highest BCUT2D eigenvalue weighted by atomic mass is 19.1. The molecule has 3 nitrogen and oxygen atoms in total. The smallest absolute Gasteiger partial charge is 0.142 e. The van der Waals surface area contributed by atoms with E-state index < -0.39 is 0 Å². The first-order valence-electron chi connectivity index (χ1n) is 5.68. The van der Waals surface area contributed by atoms with Crippen LogP contribution in [0.3, 0.4) is 0 Å². The van der Waals surface area contributed by atoms with E-state index in [0.717, 1.165) is 5.56 Å². The Labute approximate surface area is 110 Å². The maximum atomic E-state index is 12.7. The van der Waals surface area contributed by atoms with Crippen LogP contribution in [0.4, 0.5) is 4.39 Å². The van der Waals surface area contributed by atoms with Gasteiger partial charge in [0.15, 0.2) is 0 Å². The summed E-state index contributed by atoms with van der Waals surface area (Å²) in [5, 5.41) is 12.7. The maximum Gasteiger partial charge on any atom is 0.142 e. The Balaban J connectivity index is 1.94. The van der Waals surface area contributed by atoms with Crippen LogP contribution in [0.25, 0.3) is 0 Å². The molecule has 0 unspecified atom stereocenters. The first-order valence-corrected chi connectivity index (χ1v) is 5.68. The fourth-order valence-corrected chi connectivity index (χ4v) is 1.50. The summed E-state index contributed by atoms with van der Waals surface area (Å²) in [6.07, 6.45) is 1.49. The molecule has 2 rings (SSSR count).